The van der Waals surface area contributed by atoms with Crippen molar-refractivity contribution in [2.45, 2.75) is 80.8 Å². The van der Waals surface area contributed by atoms with Crippen molar-refractivity contribution in [2.75, 3.05) is 20.8 Å². The zero-order chi connectivity index (χ0) is 43.8. The van der Waals surface area contributed by atoms with Gasteiger partial charge in [-0.15, -0.1) is 0 Å². The number of ether oxygens (including phenoxy) is 4. The van der Waals surface area contributed by atoms with E-state index in [9.17, 15) is 4.79 Å². The van der Waals surface area contributed by atoms with Crippen molar-refractivity contribution in [1.29, 1.82) is 0 Å². The van der Waals surface area contributed by atoms with Crippen molar-refractivity contribution < 1.29 is 32.8 Å². The van der Waals surface area contributed by atoms with Crippen LogP contribution >= 0.6 is 17.1 Å². The minimum absolute atomic E-state index is 0.0428. The lowest BCUT2D eigenvalue weighted by atomic mass is 9.77. The highest BCUT2D eigenvalue weighted by molar-refractivity contribution is 8.68. The van der Waals surface area contributed by atoms with E-state index in [1.165, 1.54) is 11.9 Å². The molecule has 1 aliphatic carbocycles. The van der Waals surface area contributed by atoms with Crippen LogP contribution in [0.15, 0.2) is 134 Å². The van der Waals surface area contributed by atoms with Crippen LogP contribution in [0.5, 0.6) is 11.5 Å². The molecule has 1 saturated carbocycles. The van der Waals surface area contributed by atoms with E-state index in [1.807, 2.05) is 89.5 Å². The average Bonchev–Trinajstić information content (AvgIpc) is 4.00. The smallest absolute Gasteiger partial charge is 0.248 e. The number of carbonyl (C=O) groups excluding carboxylic acids is 1. The van der Waals surface area contributed by atoms with Crippen LogP contribution in [0, 0.1) is 5.92 Å². The molecule has 4 heterocycles. The van der Waals surface area contributed by atoms with Crippen molar-refractivity contribution >= 4 is 45.8 Å². The van der Waals surface area contributed by atoms with Crippen LogP contribution in [0.1, 0.15) is 78.5 Å². The first-order valence-electron chi connectivity index (χ1n) is 21.2. The van der Waals surface area contributed by atoms with Gasteiger partial charge in [0.25, 0.3) is 0 Å². The van der Waals surface area contributed by atoms with Crippen molar-refractivity contribution in [3.8, 4) is 11.5 Å². The number of carbonyl (C=O) groups is 1. The average molecular weight is 903 g/mol. The lowest BCUT2D eigenvalue weighted by Gasteiger charge is -2.37. The lowest BCUT2D eigenvalue weighted by molar-refractivity contribution is -0.0903. The van der Waals surface area contributed by atoms with Crippen LogP contribution in [0.4, 0.5) is 0 Å². The second-order valence-electron chi connectivity index (χ2n) is 16.7. The molecule has 3 fully saturated rings. The predicted molar refractivity (Wildman–Crippen MR) is 249 cm³/mol. The van der Waals surface area contributed by atoms with Gasteiger partial charge >= 0.3 is 0 Å². The molecule has 2 aliphatic heterocycles. The molecule has 6 aromatic rings. The van der Waals surface area contributed by atoms with E-state index in [0.29, 0.717) is 34.8 Å². The van der Waals surface area contributed by atoms with Gasteiger partial charge in [-0.2, -0.15) is 0 Å². The molecule has 3 aliphatic rings. The summed E-state index contributed by atoms with van der Waals surface area (Å²) in [5, 5.41) is 0. The summed E-state index contributed by atoms with van der Waals surface area (Å²) < 4.78 is 41.3. The molecule has 2 saturated heterocycles. The molecule has 4 aromatic carbocycles. The Morgan fingerprint density at radius 2 is 1.54 bits per heavy atom. The standard InChI is InChI=1S/C49H51N4O7PS2/c1-32(2)34-24-25-48(3)44(26-34)60-61(62,63-48)59-42-28-45(53-31-52-46-40(50-30-51-47(46)53)27-41(54)33-12-8-6-9-13-33)58-43(42)29-57-49(35-14-10-7-11-15-35,36-16-20-38(55-4)21-17-36)37-18-22-39(56-5)23-19-37/h6-23,30-31,34,42-45H,1,24-29H2,2-5H3/t34-,42-,43+,44+,45+,48+,61-/m0/s1. The number of nitrogens with zero attached hydrogens (tertiary/aromatic N) is 4. The fourth-order valence-electron chi connectivity index (χ4n) is 9.13. The first kappa shape index (κ1) is 43.5. The van der Waals surface area contributed by atoms with E-state index in [0.717, 1.165) is 47.5 Å². The number of ketones is 1. The maximum Gasteiger partial charge on any atom is 0.248 e. The number of imidazole rings is 1. The summed E-state index contributed by atoms with van der Waals surface area (Å²) in [6.45, 7) is 8.75. The Hall–Kier alpha value is -4.72. The quantitative estimate of drug-likeness (QED) is 0.0423. The Bertz CT molecular complexity index is 2580. The van der Waals surface area contributed by atoms with Gasteiger partial charge in [-0.1, -0.05) is 108 Å². The summed E-state index contributed by atoms with van der Waals surface area (Å²) in [5.74, 6) is 1.79. The molecule has 0 amide bonds. The molecule has 0 N–H and O–H groups in total. The third-order valence-corrected chi connectivity index (χ3v) is 18.5. The summed E-state index contributed by atoms with van der Waals surface area (Å²) >= 11 is 8.10. The summed E-state index contributed by atoms with van der Waals surface area (Å²) in [6, 6.07) is 35.3. The predicted octanol–water partition coefficient (Wildman–Crippen LogP) is 10.4. The number of hydrogen-bond donors (Lipinski definition) is 0. The Morgan fingerprint density at radius 3 is 2.17 bits per heavy atom. The van der Waals surface area contributed by atoms with Gasteiger partial charge in [0.05, 0.1) is 51.5 Å². The Labute approximate surface area is 377 Å². The molecule has 63 heavy (non-hydrogen) atoms. The molecule has 0 unspecified atom stereocenters. The molecule has 0 radical (unpaired) electrons. The van der Waals surface area contributed by atoms with Gasteiger partial charge in [-0.05, 0) is 91.8 Å². The number of benzene rings is 4. The van der Waals surface area contributed by atoms with Gasteiger partial charge in [0.15, 0.2) is 11.4 Å². The summed E-state index contributed by atoms with van der Waals surface area (Å²) in [7, 11) is 3.31. The number of rotatable bonds is 15. The molecule has 9 rings (SSSR count). The molecular weight excluding hydrogens is 852 g/mol. The van der Waals surface area contributed by atoms with Crippen LogP contribution in [0.2, 0.25) is 0 Å². The molecule has 11 nitrogen and oxygen atoms in total. The van der Waals surface area contributed by atoms with Gasteiger partial charge in [0.2, 0.25) is 5.69 Å². The minimum Gasteiger partial charge on any atom is -0.497 e. The van der Waals surface area contributed by atoms with Crippen molar-refractivity contribution in [3.63, 3.8) is 0 Å². The normalized spacial score (nSPS) is 25.7. The molecule has 0 spiro atoms. The van der Waals surface area contributed by atoms with Crippen molar-refractivity contribution in [3.05, 3.63) is 162 Å². The van der Waals surface area contributed by atoms with Gasteiger partial charge < -0.3 is 28.0 Å². The summed E-state index contributed by atoms with van der Waals surface area (Å²) in [4.78, 5) is 27.2. The molecular formula is C49H51N4O7PS2. The van der Waals surface area contributed by atoms with E-state index in [1.54, 1.807) is 44.1 Å². The van der Waals surface area contributed by atoms with Gasteiger partial charge in [-0.25, -0.2) is 15.0 Å². The highest BCUT2D eigenvalue weighted by atomic mass is 32.9. The Kier molecular flexibility index (Phi) is 12.5. The van der Waals surface area contributed by atoms with Gasteiger partial charge in [-0.3, -0.25) is 9.36 Å². The number of allylic oxidation sites excluding steroid dienone is 1. The number of hydrogen-bond acceptors (Lipinski definition) is 12. The largest absolute Gasteiger partial charge is 0.497 e. The molecule has 7 atom stereocenters. The first-order chi connectivity index (χ1) is 30.5. The van der Waals surface area contributed by atoms with E-state index in [-0.39, 0.29) is 29.7 Å². The highest BCUT2D eigenvalue weighted by Gasteiger charge is 2.55. The van der Waals surface area contributed by atoms with E-state index in [4.69, 9.17) is 44.8 Å². The number of fused-ring (bicyclic) bond motifs is 2. The SMILES string of the molecule is C=C(C)[C@H]1CC[C@@]2(C)S[P@@](=S)(O[C@H]3C[C@H](n4cnc5c(CC(=O)c6ccccc6)ncnc54)O[C@@H]3COC(c3ccccc3)(c3ccc(OC)cc3)c3ccc(OC)cc3)O[C@@H]2C1. The third-order valence-electron chi connectivity index (χ3n) is 12.7. The third kappa shape index (κ3) is 8.65. The fourth-order valence-corrected chi connectivity index (χ4v) is 16.7. The van der Waals surface area contributed by atoms with Gasteiger partial charge in [0.1, 0.15) is 41.3 Å². The van der Waals surface area contributed by atoms with Crippen LogP contribution < -0.4 is 9.47 Å². The number of Topliss-reactive ketones (excluding diaryl/α,β-unsaturated/α-hetero) is 1. The molecule has 14 heteroatoms. The second-order valence-corrected chi connectivity index (χ2v) is 23.3. The summed E-state index contributed by atoms with van der Waals surface area (Å²) in [5.41, 5.74) is 2.16. The van der Waals surface area contributed by atoms with E-state index in [2.05, 4.69) is 42.5 Å². The van der Waals surface area contributed by atoms with E-state index < -0.39 is 29.7 Å². The molecule has 0 bridgehead atoms. The monoisotopic (exact) mass is 902 g/mol. The lowest BCUT2D eigenvalue weighted by Crippen LogP contribution is -2.39. The fraction of sp³-hybridized carbons (Fsp3) is 0.347. The van der Waals surface area contributed by atoms with Gasteiger partial charge in [0, 0.05) is 16.7 Å². The maximum absolute atomic E-state index is 13.3. The molecule has 326 valence electrons. The van der Waals surface area contributed by atoms with E-state index >= 15 is 0 Å². The number of aromatic nitrogens is 4. The van der Waals surface area contributed by atoms with Crippen LogP contribution in [-0.2, 0) is 42.3 Å². The van der Waals surface area contributed by atoms with Crippen LogP contribution in [0.25, 0.3) is 11.2 Å². The molecule has 2 aromatic heterocycles. The maximum atomic E-state index is 13.3. The number of methoxy groups -OCH3 is 2. The Morgan fingerprint density at radius 1 is 0.905 bits per heavy atom. The Balaban J connectivity index is 1.08. The van der Waals surface area contributed by atoms with Crippen molar-refractivity contribution in [1.82, 2.24) is 19.5 Å². The van der Waals surface area contributed by atoms with Crippen molar-refractivity contribution in [2.24, 2.45) is 5.92 Å². The van der Waals surface area contributed by atoms with Crippen LogP contribution in [-0.4, -0.2) is 69.2 Å². The highest BCUT2D eigenvalue weighted by Crippen LogP contribution is 2.76. The topological polar surface area (TPSA) is 116 Å². The minimum atomic E-state index is -2.88. The second kappa shape index (κ2) is 18.0. The zero-order valence-corrected chi connectivity index (χ0v) is 38.3. The summed E-state index contributed by atoms with van der Waals surface area (Å²) in [6.07, 6.45) is 4.84. The first-order valence-corrected chi connectivity index (χ1v) is 25.3. The zero-order valence-electron chi connectivity index (χ0n) is 35.8. The van der Waals surface area contributed by atoms with Crippen LogP contribution in [0.3, 0.4) is 0 Å².